The summed E-state index contributed by atoms with van der Waals surface area (Å²) in [5.41, 5.74) is 2.01. The molecule has 1 unspecified atom stereocenters. The van der Waals surface area contributed by atoms with Crippen LogP contribution in [0.3, 0.4) is 0 Å². The Morgan fingerprint density at radius 2 is 2.14 bits per heavy atom. The maximum absolute atomic E-state index is 5.71. The maximum atomic E-state index is 5.71. The molecule has 1 aromatic carbocycles. The van der Waals surface area contributed by atoms with Crippen molar-refractivity contribution in [3.8, 4) is 5.69 Å². The minimum absolute atomic E-state index is 0. The average Bonchev–Trinajstić information content (AvgIpc) is 3.39. The van der Waals surface area contributed by atoms with E-state index in [4.69, 9.17) is 9.47 Å². The van der Waals surface area contributed by atoms with Crippen molar-refractivity contribution >= 4 is 29.9 Å². The number of nitrogens with one attached hydrogen (secondary N) is 2. The van der Waals surface area contributed by atoms with E-state index in [0.29, 0.717) is 12.5 Å². The Kier molecular flexibility index (Phi) is 10.3. The summed E-state index contributed by atoms with van der Waals surface area (Å²) in [5.74, 6) is 1.34. The average molecular weight is 499 g/mol. The molecule has 1 fully saturated rings. The van der Waals surface area contributed by atoms with E-state index < -0.39 is 0 Å². The molecular formula is C20H30IN5O2. The zero-order valence-corrected chi connectivity index (χ0v) is 18.7. The van der Waals surface area contributed by atoms with Gasteiger partial charge in [0.1, 0.15) is 0 Å². The van der Waals surface area contributed by atoms with Gasteiger partial charge in [-0.2, -0.15) is 5.10 Å². The van der Waals surface area contributed by atoms with E-state index >= 15 is 0 Å². The van der Waals surface area contributed by atoms with Crippen molar-refractivity contribution in [3.63, 3.8) is 0 Å². The highest BCUT2D eigenvalue weighted by Gasteiger charge is 2.15. The number of para-hydroxylation sites is 1. The largest absolute Gasteiger partial charge is 0.381 e. The van der Waals surface area contributed by atoms with Crippen molar-refractivity contribution in [1.29, 1.82) is 0 Å². The van der Waals surface area contributed by atoms with Crippen LogP contribution < -0.4 is 10.6 Å². The fraction of sp³-hybridized carbons (Fsp3) is 0.500. The number of halogens is 1. The lowest BCUT2D eigenvalue weighted by atomic mass is 10.1. The lowest BCUT2D eigenvalue weighted by molar-refractivity contribution is 0.0888. The van der Waals surface area contributed by atoms with E-state index in [1.165, 1.54) is 0 Å². The Hall–Kier alpha value is -1.65. The second kappa shape index (κ2) is 12.7. The second-order valence-electron chi connectivity index (χ2n) is 6.60. The number of guanidine groups is 1. The molecule has 0 amide bonds. The summed E-state index contributed by atoms with van der Waals surface area (Å²) in [6, 6.07) is 12.1. The van der Waals surface area contributed by atoms with Crippen molar-refractivity contribution in [1.82, 2.24) is 20.4 Å². The van der Waals surface area contributed by atoms with E-state index in [0.717, 1.165) is 63.2 Å². The summed E-state index contributed by atoms with van der Waals surface area (Å²) in [5, 5.41) is 11.2. The van der Waals surface area contributed by atoms with Crippen molar-refractivity contribution in [2.75, 3.05) is 40.0 Å². The molecule has 2 aromatic rings. The molecule has 3 rings (SSSR count). The topological polar surface area (TPSA) is 72.7 Å². The van der Waals surface area contributed by atoms with Crippen LogP contribution in [-0.4, -0.2) is 55.8 Å². The molecule has 1 aliphatic heterocycles. The summed E-state index contributed by atoms with van der Waals surface area (Å²) in [6.07, 6.45) is 4.03. The predicted molar refractivity (Wildman–Crippen MR) is 122 cm³/mol. The van der Waals surface area contributed by atoms with Gasteiger partial charge in [-0.05, 0) is 31.0 Å². The predicted octanol–water partition coefficient (Wildman–Crippen LogP) is 2.60. The fourth-order valence-corrected chi connectivity index (χ4v) is 2.92. The minimum Gasteiger partial charge on any atom is -0.381 e. The molecule has 7 nitrogen and oxygen atoms in total. The molecule has 0 saturated carbocycles. The molecule has 1 atom stereocenters. The van der Waals surface area contributed by atoms with Crippen LogP contribution in [-0.2, 0) is 16.0 Å². The number of benzene rings is 1. The highest BCUT2D eigenvalue weighted by atomic mass is 127. The Bertz CT molecular complexity index is 702. The van der Waals surface area contributed by atoms with E-state index in [1.54, 1.807) is 7.05 Å². The minimum atomic E-state index is 0. The monoisotopic (exact) mass is 499 g/mol. The molecular weight excluding hydrogens is 469 g/mol. The van der Waals surface area contributed by atoms with Crippen LogP contribution in [0.25, 0.3) is 5.69 Å². The molecule has 1 aromatic heterocycles. The van der Waals surface area contributed by atoms with E-state index in [2.05, 4.69) is 20.7 Å². The van der Waals surface area contributed by atoms with Gasteiger partial charge in [-0.25, -0.2) is 4.68 Å². The molecule has 154 valence electrons. The van der Waals surface area contributed by atoms with E-state index in [1.807, 2.05) is 47.3 Å². The molecule has 1 aliphatic rings. The third kappa shape index (κ3) is 7.40. The highest BCUT2D eigenvalue weighted by molar-refractivity contribution is 14.0. The molecule has 1 saturated heterocycles. The molecule has 28 heavy (non-hydrogen) atoms. The number of aliphatic imine (C=N–C) groups is 1. The summed E-state index contributed by atoms with van der Waals surface area (Å²) < 4.78 is 12.9. The van der Waals surface area contributed by atoms with Crippen molar-refractivity contribution in [2.45, 2.75) is 19.4 Å². The molecule has 0 radical (unpaired) electrons. The van der Waals surface area contributed by atoms with E-state index in [9.17, 15) is 0 Å². The standard InChI is InChI=1S/C20H29N5O2.HI/c1-21-20(22-10-5-12-26-15-17-9-13-27-16-17)23-14-18-8-11-25(24-18)19-6-3-2-4-7-19;/h2-4,6-8,11,17H,5,9-10,12-16H2,1H3,(H2,21,22,23);1H. The zero-order valence-electron chi connectivity index (χ0n) is 16.3. The van der Waals surface area contributed by atoms with Crippen LogP contribution in [0.4, 0.5) is 0 Å². The van der Waals surface area contributed by atoms with Gasteiger partial charge < -0.3 is 20.1 Å². The smallest absolute Gasteiger partial charge is 0.191 e. The van der Waals surface area contributed by atoms with Crippen LogP contribution in [0.15, 0.2) is 47.6 Å². The SMILES string of the molecule is CN=C(NCCCOCC1CCOC1)NCc1ccn(-c2ccccc2)n1.I. The van der Waals surface area contributed by atoms with Crippen molar-refractivity contribution in [3.05, 3.63) is 48.3 Å². The first-order valence-corrected chi connectivity index (χ1v) is 9.55. The van der Waals surface area contributed by atoms with Gasteiger partial charge >= 0.3 is 0 Å². The highest BCUT2D eigenvalue weighted by Crippen LogP contribution is 2.12. The van der Waals surface area contributed by atoms with Gasteiger partial charge in [0.15, 0.2) is 5.96 Å². The third-order valence-electron chi connectivity index (χ3n) is 4.46. The summed E-state index contributed by atoms with van der Waals surface area (Å²) in [6.45, 7) is 4.71. The van der Waals surface area contributed by atoms with Gasteiger partial charge in [0, 0.05) is 38.9 Å². The number of ether oxygens (including phenoxy) is 2. The summed E-state index contributed by atoms with van der Waals surface area (Å²) in [7, 11) is 1.77. The van der Waals surface area contributed by atoms with Gasteiger partial charge in [0.05, 0.1) is 31.1 Å². The van der Waals surface area contributed by atoms with Crippen molar-refractivity contribution < 1.29 is 9.47 Å². The van der Waals surface area contributed by atoms with Crippen LogP contribution in [0, 0.1) is 5.92 Å². The van der Waals surface area contributed by atoms with Crippen molar-refractivity contribution in [2.24, 2.45) is 10.9 Å². The number of hydrogen-bond acceptors (Lipinski definition) is 4. The quantitative estimate of drug-likeness (QED) is 0.240. The molecule has 0 aliphatic carbocycles. The fourth-order valence-electron chi connectivity index (χ4n) is 2.92. The van der Waals surface area contributed by atoms with Crippen LogP contribution in [0.5, 0.6) is 0 Å². The summed E-state index contributed by atoms with van der Waals surface area (Å²) in [4.78, 5) is 4.25. The molecule has 0 spiro atoms. The van der Waals surface area contributed by atoms with Gasteiger partial charge in [0.2, 0.25) is 0 Å². The Balaban J connectivity index is 0.00000280. The zero-order chi connectivity index (χ0) is 18.7. The summed E-state index contributed by atoms with van der Waals surface area (Å²) >= 11 is 0. The third-order valence-corrected chi connectivity index (χ3v) is 4.46. The van der Waals surface area contributed by atoms with Gasteiger partial charge in [-0.15, -0.1) is 24.0 Å². The lowest BCUT2D eigenvalue weighted by Crippen LogP contribution is -2.37. The maximum Gasteiger partial charge on any atom is 0.191 e. The van der Waals surface area contributed by atoms with Gasteiger partial charge in [-0.1, -0.05) is 18.2 Å². The normalized spacial score (nSPS) is 16.6. The van der Waals surface area contributed by atoms with Crippen LogP contribution in [0.2, 0.25) is 0 Å². The Labute approximate surface area is 183 Å². The number of aromatic nitrogens is 2. The van der Waals surface area contributed by atoms with E-state index in [-0.39, 0.29) is 24.0 Å². The number of hydrogen-bond donors (Lipinski definition) is 2. The number of rotatable bonds is 9. The first kappa shape index (κ1) is 22.6. The molecule has 8 heteroatoms. The lowest BCUT2D eigenvalue weighted by Gasteiger charge is -2.12. The van der Waals surface area contributed by atoms with Crippen LogP contribution in [0.1, 0.15) is 18.5 Å². The van der Waals surface area contributed by atoms with Crippen LogP contribution >= 0.6 is 24.0 Å². The Morgan fingerprint density at radius 1 is 1.29 bits per heavy atom. The first-order chi connectivity index (χ1) is 13.3. The number of nitrogens with zero attached hydrogens (tertiary/aromatic N) is 3. The molecule has 2 N–H and O–H groups in total. The van der Waals surface area contributed by atoms with Gasteiger partial charge in [-0.3, -0.25) is 4.99 Å². The Morgan fingerprint density at radius 3 is 2.89 bits per heavy atom. The molecule has 0 bridgehead atoms. The first-order valence-electron chi connectivity index (χ1n) is 9.55. The molecule has 2 heterocycles. The van der Waals surface area contributed by atoms with Gasteiger partial charge in [0.25, 0.3) is 0 Å². The second-order valence-corrected chi connectivity index (χ2v) is 6.60.